The Balaban J connectivity index is 1.17. The zero-order valence-electron chi connectivity index (χ0n) is 28.7. The van der Waals surface area contributed by atoms with E-state index in [9.17, 15) is 9.90 Å². The lowest BCUT2D eigenvalue weighted by atomic mass is 9.85. The van der Waals surface area contributed by atoms with Crippen LogP contribution < -0.4 is 30.3 Å². The number of carbonyl (C=O) groups excluding carboxylic acids is 1. The van der Waals surface area contributed by atoms with Crippen molar-refractivity contribution in [3.63, 3.8) is 0 Å². The van der Waals surface area contributed by atoms with Gasteiger partial charge in [0.05, 0.1) is 23.9 Å². The van der Waals surface area contributed by atoms with E-state index in [2.05, 4.69) is 37.1 Å². The van der Waals surface area contributed by atoms with Crippen LogP contribution in [0.2, 0.25) is 5.02 Å². The summed E-state index contributed by atoms with van der Waals surface area (Å²) in [5.41, 5.74) is 3.25. The highest BCUT2D eigenvalue weighted by Gasteiger charge is 2.30. The van der Waals surface area contributed by atoms with E-state index in [0.717, 1.165) is 54.4 Å². The van der Waals surface area contributed by atoms with Gasteiger partial charge in [-0.3, -0.25) is 9.72 Å². The number of aliphatic hydroxyl groups is 1. The van der Waals surface area contributed by atoms with Crippen LogP contribution in [0, 0.1) is 10.8 Å². The Labute approximate surface area is 297 Å². The molecule has 1 aliphatic carbocycles. The molecule has 2 atom stereocenters. The van der Waals surface area contributed by atoms with E-state index in [0.29, 0.717) is 40.8 Å². The Morgan fingerprint density at radius 2 is 1.84 bits per heavy atom. The molecule has 0 saturated carbocycles. The van der Waals surface area contributed by atoms with Crippen LogP contribution in [0.1, 0.15) is 76.1 Å². The maximum Gasteiger partial charge on any atom is 0.320 e. The van der Waals surface area contributed by atoms with Crippen molar-refractivity contribution in [1.29, 1.82) is 5.41 Å². The second kappa shape index (κ2) is 15.4. The molecule has 264 valence electrons. The summed E-state index contributed by atoms with van der Waals surface area (Å²) in [5, 5.41) is 36.3. The molecule has 2 amide bonds. The molecule has 0 bridgehead atoms. The van der Waals surface area contributed by atoms with Crippen molar-refractivity contribution in [2.24, 2.45) is 5.41 Å². The predicted molar refractivity (Wildman–Crippen MR) is 195 cm³/mol. The number of hydrogen-bond donors (Lipinski definition) is 5. The van der Waals surface area contributed by atoms with Crippen LogP contribution in [0.15, 0.2) is 72.7 Å². The molecule has 4 aromatic rings. The predicted octanol–water partition coefficient (Wildman–Crippen LogP) is 7.02. The first-order chi connectivity index (χ1) is 24.1. The third kappa shape index (κ3) is 8.31. The van der Waals surface area contributed by atoms with E-state index in [1.54, 1.807) is 24.3 Å². The highest BCUT2D eigenvalue weighted by molar-refractivity contribution is 6.32. The van der Waals surface area contributed by atoms with Gasteiger partial charge in [0.15, 0.2) is 5.65 Å². The lowest BCUT2D eigenvalue weighted by Crippen LogP contribution is -2.41. The fourth-order valence-corrected chi connectivity index (χ4v) is 6.38. The first kappa shape index (κ1) is 35.0. The molecule has 6 rings (SSSR count). The minimum Gasteiger partial charge on any atom is -0.490 e. The van der Waals surface area contributed by atoms with Gasteiger partial charge >= 0.3 is 6.03 Å². The highest BCUT2D eigenvalue weighted by Crippen LogP contribution is 2.39. The van der Waals surface area contributed by atoms with Crippen LogP contribution in [0.3, 0.4) is 0 Å². The first-order valence-corrected chi connectivity index (χ1v) is 17.5. The molecule has 2 aromatic heterocycles. The Morgan fingerprint density at radius 3 is 2.60 bits per heavy atom. The number of hydrogen-bond acceptors (Lipinski definition) is 9. The minimum atomic E-state index is -0.453. The molecule has 50 heavy (non-hydrogen) atoms. The number of anilines is 2. The number of amides is 2. The molecule has 0 spiro atoms. The molecular weight excluding hydrogens is 656 g/mol. The van der Waals surface area contributed by atoms with Gasteiger partial charge in [0.25, 0.3) is 0 Å². The molecule has 1 aliphatic heterocycles. The number of aromatic nitrogens is 3. The van der Waals surface area contributed by atoms with E-state index in [1.807, 2.05) is 61.7 Å². The summed E-state index contributed by atoms with van der Waals surface area (Å²) < 4.78 is 14.2. The number of piperidine rings is 1. The number of pyridine rings is 1. The molecule has 13 heteroatoms. The third-order valence-corrected chi connectivity index (χ3v) is 9.23. The van der Waals surface area contributed by atoms with Crippen LogP contribution >= 0.6 is 11.6 Å². The molecule has 3 heterocycles. The number of rotatable bonds is 11. The van der Waals surface area contributed by atoms with Gasteiger partial charge in [-0.25, -0.2) is 4.79 Å². The van der Waals surface area contributed by atoms with Gasteiger partial charge in [0, 0.05) is 42.0 Å². The molecule has 0 unspecified atom stereocenters. The average Bonchev–Trinajstić information content (AvgIpc) is 3.53. The minimum absolute atomic E-state index is 0.0902. The largest absolute Gasteiger partial charge is 0.490 e. The van der Waals surface area contributed by atoms with Crippen molar-refractivity contribution in [3.05, 3.63) is 88.8 Å². The maximum atomic E-state index is 13.6. The third-order valence-electron chi connectivity index (χ3n) is 8.92. The number of carbonyl (C=O) groups is 1. The summed E-state index contributed by atoms with van der Waals surface area (Å²) >= 11 is 6.28. The van der Waals surface area contributed by atoms with Gasteiger partial charge in [-0.1, -0.05) is 56.6 Å². The monoisotopic (exact) mass is 700 g/mol. The lowest BCUT2D eigenvalue weighted by molar-refractivity contribution is 0.171. The standard InChI is InChI=1S/C37H45ClN8O4/c1-37(2,3)32(39)22-33(40-24-11-13-28(38)31(21-24)49-20-19-47)42-35(48)41-29-14-15-30(27-10-6-5-9-26(27)29)50-25-12-16-34-43-44-36(46(34)23-25)45-17-7-4-8-18-45/h5-6,9-13,16,21-23,29-30,39-40,47H,4,7-8,14-15,17-20H2,1-3H3,(H2,41,42,48)/b33-22+,39-32?/t29-,30+/m0/s1. The second-order valence-corrected chi connectivity index (χ2v) is 14.1. The van der Waals surface area contributed by atoms with E-state index < -0.39 is 11.4 Å². The lowest BCUT2D eigenvalue weighted by Gasteiger charge is -2.32. The normalized spacial score (nSPS) is 17.9. The summed E-state index contributed by atoms with van der Waals surface area (Å²) in [7, 11) is 0. The Hall–Kier alpha value is -4.81. The van der Waals surface area contributed by atoms with Crippen LogP contribution in [-0.2, 0) is 0 Å². The number of benzene rings is 2. The van der Waals surface area contributed by atoms with Crippen molar-refractivity contribution < 1.29 is 19.4 Å². The molecule has 2 aromatic carbocycles. The zero-order valence-corrected chi connectivity index (χ0v) is 29.5. The fraction of sp³-hybridized carbons (Fsp3) is 0.405. The van der Waals surface area contributed by atoms with Crippen molar-refractivity contribution in [2.45, 2.75) is 65.0 Å². The van der Waals surface area contributed by atoms with E-state index in [-0.39, 0.29) is 25.4 Å². The Kier molecular flexibility index (Phi) is 10.8. The van der Waals surface area contributed by atoms with Crippen molar-refractivity contribution in [2.75, 3.05) is 36.5 Å². The maximum absolute atomic E-state index is 13.6. The number of nitrogens with zero attached hydrogens (tertiary/aromatic N) is 4. The van der Waals surface area contributed by atoms with Crippen molar-refractivity contribution >= 4 is 40.6 Å². The highest BCUT2D eigenvalue weighted by atomic mass is 35.5. The summed E-state index contributed by atoms with van der Waals surface area (Å²) in [5.74, 6) is 2.28. The van der Waals surface area contributed by atoms with Crippen LogP contribution in [0.4, 0.5) is 16.4 Å². The smallest absolute Gasteiger partial charge is 0.320 e. The number of nitrogens with one attached hydrogen (secondary N) is 4. The zero-order chi connectivity index (χ0) is 35.3. The van der Waals surface area contributed by atoms with Crippen LogP contribution in [0.25, 0.3) is 5.65 Å². The van der Waals surface area contributed by atoms with Crippen LogP contribution in [0.5, 0.6) is 11.5 Å². The molecule has 1 saturated heterocycles. The quantitative estimate of drug-likeness (QED) is 0.105. The van der Waals surface area contributed by atoms with Crippen molar-refractivity contribution in [3.8, 4) is 11.5 Å². The topological polar surface area (TPSA) is 149 Å². The molecule has 0 radical (unpaired) electrons. The summed E-state index contributed by atoms with van der Waals surface area (Å²) in [6.45, 7) is 7.68. The van der Waals surface area contributed by atoms with Gasteiger partial charge in [0.1, 0.15) is 30.0 Å². The number of halogens is 1. The molecule has 12 nitrogen and oxygen atoms in total. The summed E-state index contributed by atoms with van der Waals surface area (Å²) in [6, 6.07) is 16.3. The summed E-state index contributed by atoms with van der Waals surface area (Å²) in [4.78, 5) is 15.8. The van der Waals surface area contributed by atoms with Gasteiger partial charge in [0.2, 0.25) is 5.95 Å². The number of fused-ring (bicyclic) bond motifs is 2. The number of urea groups is 1. The van der Waals surface area contributed by atoms with Gasteiger partial charge in [-0.15, -0.1) is 10.2 Å². The van der Waals surface area contributed by atoms with E-state index in [4.69, 9.17) is 26.5 Å². The van der Waals surface area contributed by atoms with Gasteiger partial charge < -0.3 is 35.5 Å². The fourth-order valence-electron chi connectivity index (χ4n) is 6.21. The van der Waals surface area contributed by atoms with E-state index >= 15 is 0 Å². The van der Waals surface area contributed by atoms with Gasteiger partial charge in [-0.2, -0.15) is 0 Å². The molecule has 2 aliphatic rings. The summed E-state index contributed by atoms with van der Waals surface area (Å²) in [6.07, 6.45) is 8.27. The number of ether oxygens (including phenoxy) is 2. The van der Waals surface area contributed by atoms with Crippen molar-refractivity contribution in [1.82, 2.24) is 25.2 Å². The first-order valence-electron chi connectivity index (χ1n) is 17.1. The Bertz CT molecular complexity index is 1860. The SMILES string of the molecule is CC(C)(C)C(=N)/C=C(/NC(=O)N[C@H]1CC[C@@H](Oc2ccc3nnc(N4CCCCC4)n3c2)c2ccccc21)Nc1ccc(Cl)c(OCCO)c1. The van der Waals surface area contributed by atoms with Gasteiger partial charge in [-0.05, 0) is 67.5 Å². The van der Waals surface area contributed by atoms with E-state index in [1.165, 1.54) is 6.42 Å². The average molecular weight is 701 g/mol. The number of allylic oxidation sites excluding steroid dienone is 1. The molecule has 5 N–H and O–H groups in total. The van der Waals surface area contributed by atoms with Crippen LogP contribution in [-0.4, -0.2) is 57.8 Å². The molecule has 1 fully saturated rings. The second-order valence-electron chi connectivity index (χ2n) is 13.7. The number of aliphatic hydroxyl groups excluding tert-OH is 1. The Morgan fingerprint density at radius 1 is 1.06 bits per heavy atom. The molecular formula is C37H45ClN8O4.